The summed E-state index contributed by atoms with van der Waals surface area (Å²) < 4.78 is 10.5. The van der Waals surface area contributed by atoms with Gasteiger partial charge in [0.25, 0.3) is 0 Å². The summed E-state index contributed by atoms with van der Waals surface area (Å²) in [5.41, 5.74) is 4.49. The van der Waals surface area contributed by atoms with Crippen molar-refractivity contribution in [3.8, 4) is 11.1 Å². The fraction of sp³-hybridized carbons (Fsp3) is 0.375. The molecule has 0 aromatic heterocycles. The van der Waals surface area contributed by atoms with E-state index in [2.05, 4.69) is 22.8 Å². The average Bonchev–Trinajstić information content (AvgIpc) is 3.12. The number of carboxylic acids is 1. The molecule has 8 nitrogen and oxygen atoms in total. The zero-order valence-electron chi connectivity index (χ0n) is 18.2. The van der Waals surface area contributed by atoms with Crippen LogP contribution in [0.3, 0.4) is 0 Å². The second-order valence-corrected chi connectivity index (χ2v) is 7.63. The minimum atomic E-state index is -1.02. The van der Waals surface area contributed by atoms with Gasteiger partial charge < -0.3 is 25.2 Å². The van der Waals surface area contributed by atoms with Crippen LogP contribution in [0, 0.1) is 0 Å². The van der Waals surface area contributed by atoms with Gasteiger partial charge in [0.15, 0.2) is 0 Å². The Morgan fingerprint density at radius 1 is 1.03 bits per heavy atom. The summed E-state index contributed by atoms with van der Waals surface area (Å²) in [4.78, 5) is 35.7. The number of rotatable bonds is 10. The number of hydrogen-bond donors (Lipinski definition) is 3. The molecule has 2 unspecified atom stereocenters. The lowest BCUT2D eigenvalue weighted by molar-refractivity contribution is -0.140. The topological polar surface area (TPSA) is 114 Å². The number of nitrogens with one attached hydrogen (secondary N) is 2. The Balaban J connectivity index is 1.56. The standard InChI is InChI=1S/C24H28N2O6/c1-3-21(23(29)25-13-15(31-2)12-22(27)28)26-24(30)32-14-20-18-10-6-4-8-16(18)17-9-5-7-11-19(17)20/h4-11,15,20-21H,3,12-14H2,1-2H3,(H,25,29)(H,26,30)(H,27,28). The van der Waals surface area contributed by atoms with Crippen LogP contribution >= 0.6 is 0 Å². The highest BCUT2D eigenvalue weighted by molar-refractivity contribution is 5.85. The normalized spacial score (nSPS) is 14.1. The molecule has 0 aliphatic heterocycles. The van der Waals surface area contributed by atoms with Gasteiger partial charge in [0.05, 0.1) is 12.5 Å². The molecule has 0 saturated heterocycles. The van der Waals surface area contributed by atoms with E-state index in [1.165, 1.54) is 7.11 Å². The number of fused-ring (bicyclic) bond motifs is 3. The number of carbonyl (C=O) groups excluding carboxylic acids is 2. The van der Waals surface area contributed by atoms with Crippen molar-refractivity contribution in [3.05, 3.63) is 59.7 Å². The molecule has 1 aliphatic carbocycles. The van der Waals surface area contributed by atoms with Crippen LogP contribution in [0.15, 0.2) is 48.5 Å². The van der Waals surface area contributed by atoms with Crippen molar-refractivity contribution in [2.24, 2.45) is 0 Å². The molecule has 0 spiro atoms. The zero-order valence-corrected chi connectivity index (χ0v) is 18.2. The van der Waals surface area contributed by atoms with E-state index in [0.717, 1.165) is 22.3 Å². The molecule has 170 valence electrons. The van der Waals surface area contributed by atoms with Crippen LogP contribution < -0.4 is 10.6 Å². The van der Waals surface area contributed by atoms with Crippen LogP contribution in [0.5, 0.6) is 0 Å². The summed E-state index contributed by atoms with van der Waals surface area (Å²) in [5.74, 6) is -1.51. The quantitative estimate of drug-likeness (QED) is 0.524. The van der Waals surface area contributed by atoms with Crippen molar-refractivity contribution in [1.82, 2.24) is 10.6 Å². The van der Waals surface area contributed by atoms with E-state index in [-0.39, 0.29) is 25.5 Å². The lowest BCUT2D eigenvalue weighted by Gasteiger charge is -2.20. The Labute approximate surface area is 186 Å². The first-order valence-corrected chi connectivity index (χ1v) is 10.6. The second kappa shape index (κ2) is 10.8. The number of alkyl carbamates (subject to hydrolysis) is 1. The lowest BCUT2D eigenvalue weighted by atomic mass is 9.98. The van der Waals surface area contributed by atoms with Gasteiger partial charge in [0.2, 0.25) is 5.91 Å². The molecule has 2 amide bonds. The Morgan fingerprint density at radius 3 is 2.16 bits per heavy atom. The summed E-state index contributed by atoms with van der Waals surface area (Å²) in [5, 5.41) is 14.1. The number of amides is 2. The maximum absolute atomic E-state index is 12.4. The highest BCUT2D eigenvalue weighted by Crippen LogP contribution is 2.44. The van der Waals surface area contributed by atoms with E-state index in [1.807, 2.05) is 36.4 Å². The van der Waals surface area contributed by atoms with E-state index in [9.17, 15) is 14.4 Å². The molecule has 2 atom stereocenters. The highest BCUT2D eigenvalue weighted by atomic mass is 16.5. The molecular weight excluding hydrogens is 412 g/mol. The molecule has 2 aromatic rings. The number of methoxy groups -OCH3 is 1. The van der Waals surface area contributed by atoms with Crippen molar-refractivity contribution < 1.29 is 29.0 Å². The van der Waals surface area contributed by atoms with Crippen molar-refractivity contribution in [1.29, 1.82) is 0 Å². The van der Waals surface area contributed by atoms with Crippen molar-refractivity contribution in [3.63, 3.8) is 0 Å². The van der Waals surface area contributed by atoms with Gasteiger partial charge in [-0.15, -0.1) is 0 Å². The van der Waals surface area contributed by atoms with E-state index in [4.69, 9.17) is 14.6 Å². The van der Waals surface area contributed by atoms with Gasteiger partial charge in [-0.05, 0) is 28.7 Å². The van der Waals surface area contributed by atoms with Crippen molar-refractivity contribution in [2.75, 3.05) is 20.3 Å². The minimum Gasteiger partial charge on any atom is -0.481 e. The Kier molecular flexibility index (Phi) is 7.83. The smallest absolute Gasteiger partial charge is 0.407 e. The van der Waals surface area contributed by atoms with Gasteiger partial charge in [0.1, 0.15) is 12.6 Å². The van der Waals surface area contributed by atoms with E-state index in [1.54, 1.807) is 6.92 Å². The van der Waals surface area contributed by atoms with Gasteiger partial charge >= 0.3 is 12.1 Å². The van der Waals surface area contributed by atoms with Crippen LogP contribution in [0.1, 0.15) is 36.8 Å². The summed E-state index contributed by atoms with van der Waals surface area (Å²) in [6, 6.07) is 15.3. The predicted molar refractivity (Wildman–Crippen MR) is 118 cm³/mol. The SMILES string of the molecule is CCC(NC(=O)OCC1c2ccccc2-c2ccccc21)C(=O)NCC(CC(=O)O)OC. The number of ether oxygens (including phenoxy) is 2. The molecule has 0 heterocycles. The number of aliphatic carboxylic acids is 1. The Hall–Kier alpha value is -3.39. The summed E-state index contributed by atoms with van der Waals surface area (Å²) in [6.07, 6.45) is -1.20. The maximum Gasteiger partial charge on any atom is 0.407 e. The van der Waals surface area contributed by atoms with E-state index in [0.29, 0.717) is 6.42 Å². The molecule has 0 fully saturated rings. The number of carboxylic acid groups (broad SMARTS) is 1. The van der Waals surface area contributed by atoms with E-state index < -0.39 is 30.1 Å². The molecule has 1 aliphatic rings. The lowest BCUT2D eigenvalue weighted by Crippen LogP contribution is -2.48. The third kappa shape index (κ3) is 5.45. The second-order valence-electron chi connectivity index (χ2n) is 7.63. The molecular formula is C24H28N2O6. The van der Waals surface area contributed by atoms with Gasteiger partial charge in [-0.1, -0.05) is 55.5 Å². The maximum atomic E-state index is 12.4. The first-order valence-electron chi connectivity index (χ1n) is 10.6. The number of benzene rings is 2. The Bertz CT molecular complexity index is 931. The number of carbonyl (C=O) groups is 3. The van der Waals surface area contributed by atoms with Gasteiger partial charge in [-0.2, -0.15) is 0 Å². The van der Waals surface area contributed by atoms with Gasteiger partial charge in [-0.3, -0.25) is 9.59 Å². The van der Waals surface area contributed by atoms with Crippen LogP contribution in [0.4, 0.5) is 4.79 Å². The predicted octanol–water partition coefficient (Wildman–Crippen LogP) is 2.91. The van der Waals surface area contributed by atoms with E-state index >= 15 is 0 Å². The number of hydrogen-bond acceptors (Lipinski definition) is 5. The summed E-state index contributed by atoms with van der Waals surface area (Å²) in [6.45, 7) is 1.95. The molecule has 32 heavy (non-hydrogen) atoms. The molecule has 3 N–H and O–H groups in total. The fourth-order valence-electron chi connectivity index (χ4n) is 3.91. The summed E-state index contributed by atoms with van der Waals surface area (Å²) >= 11 is 0. The zero-order chi connectivity index (χ0) is 23.1. The van der Waals surface area contributed by atoms with Crippen molar-refractivity contribution >= 4 is 18.0 Å². The third-order valence-corrected chi connectivity index (χ3v) is 5.60. The molecule has 0 radical (unpaired) electrons. The van der Waals surface area contributed by atoms with Crippen molar-refractivity contribution in [2.45, 2.75) is 37.8 Å². The monoisotopic (exact) mass is 440 g/mol. The molecule has 0 saturated carbocycles. The first-order chi connectivity index (χ1) is 15.4. The molecule has 8 heteroatoms. The fourth-order valence-corrected chi connectivity index (χ4v) is 3.91. The molecule has 2 aromatic carbocycles. The van der Waals surface area contributed by atoms with Gasteiger partial charge in [0, 0.05) is 19.6 Å². The molecule has 3 rings (SSSR count). The van der Waals surface area contributed by atoms with Crippen LogP contribution in [-0.4, -0.2) is 55.5 Å². The van der Waals surface area contributed by atoms with Crippen LogP contribution in [-0.2, 0) is 19.1 Å². The average molecular weight is 440 g/mol. The van der Waals surface area contributed by atoms with Gasteiger partial charge in [-0.25, -0.2) is 4.79 Å². The van der Waals surface area contributed by atoms with Crippen LogP contribution in [0.25, 0.3) is 11.1 Å². The first kappa shape index (κ1) is 23.3. The largest absolute Gasteiger partial charge is 0.481 e. The summed E-state index contributed by atoms with van der Waals surface area (Å²) in [7, 11) is 1.38. The van der Waals surface area contributed by atoms with Crippen LogP contribution in [0.2, 0.25) is 0 Å². The highest BCUT2D eigenvalue weighted by Gasteiger charge is 2.29. The molecule has 0 bridgehead atoms. The minimum absolute atomic E-state index is 0.0322. The Morgan fingerprint density at radius 2 is 1.62 bits per heavy atom. The third-order valence-electron chi connectivity index (χ3n) is 5.60.